The van der Waals surface area contributed by atoms with Gasteiger partial charge in [0.1, 0.15) is 5.58 Å². The largest absolute Gasteiger partial charge is 0.451 e. The first-order valence-electron chi connectivity index (χ1n) is 7.76. The summed E-state index contributed by atoms with van der Waals surface area (Å²) in [6.45, 7) is 4.79. The summed E-state index contributed by atoms with van der Waals surface area (Å²) in [7, 11) is 0. The van der Waals surface area contributed by atoms with Gasteiger partial charge in [0.2, 0.25) is 0 Å². The van der Waals surface area contributed by atoms with Crippen LogP contribution in [-0.4, -0.2) is 42.0 Å². The fourth-order valence-corrected chi connectivity index (χ4v) is 3.88. The fourth-order valence-electron chi connectivity index (χ4n) is 3.01. The van der Waals surface area contributed by atoms with Crippen LogP contribution in [0.2, 0.25) is 5.02 Å². The van der Waals surface area contributed by atoms with E-state index in [1.54, 1.807) is 23.6 Å². The molecule has 1 aromatic carbocycles. The molecule has 0 atom stereocenters. The SMILES string of the molecule is Cc1c(C(=O)N2CCN(c3nccs3)CC2)oc2ccc(Cl)cc12. The molecule has 5 nitrogen and oxygen atoms in total. The third-order valence-electron chi connectivity index (χ3n) is 4.35. The first kappa shape index (κ1) is 15.5. The quantitative estimate of drug-likeness (QED) is 0.696. The fraction of sp³-hybridized carbons (Fsp3) is 0.294. The van der Waals surface area contributed by atoms with E-state index in [4.69, 9.17) is 16.0 Å². The number of piperazine rings is 1. The Kier molecular flexibility index (Phi) is 3.94. The zero-order chi connectivity index (χ0) is 16.7. The van der Waals surface area contributed by atoms with Gasteiger partial charge in [0.05, 0.1) is 0 Å². The van der Waals surface area contributed by atoms with Gasteiger partial charge in [-0.25, -0.2) is 4.98 Å². The number of furan rings is 1. The lowest BCUT2D eigenvalue weighted by Gasteiger charge is -2.34. The van der Waals surface area contributed by atoms with Crippen molar-refractivity contribution in [3.63, 3.8) is 0 Å². The molecule has 4 rings (SSSR count). The number of halogens is 1. The molecular formula is C17H16ClN3O2S. The second-order valence-electron chi connectivity index (χ2n) is 5.79. The molecule has 124 valence electrons. The average molecular weight is 362 g/mol. The molecule has 0 unspecified atom stereocenters. The van der Waals surface area contributed by atoms with Crippen LogP contribution in [0.15, 0.2) is 34.2 Å². The van der Waals surface area contributed by atoms with Crippen molar-refractivity contribution >= 4 is 44.9 Å². The highest BCUT2D eigenvalue weighted by atomic mass is 35.5. The van der Waals surface area contributed by atoms with Gasteiger partial charge in [0.25, 0.3) is 5.91 Å². The van der Waals surface area contributed by atoms with Crippen LogP contribution in [0.3, 0.4) is 0 Å². The number of aryl methyl sites for hydroxylation is 1. The number of anilines is 1. The summed E-state index contributed by atoms with van der Waals surface area (Å²) in [6, 6.07) is 5.42. The Morgan fingerprint density at radius 1 is 1.29 bits per heavy atom. The molecule has 3 aromatic rings. The molecule has 1 aliphatic heterocycles. The Morgan fingerprint density at radius 2 is 2.08 bits per heavy atom. The molecule has 1 saturated heterocycles. The topological polar surface area (TPSA) is 49.6 Å². The Labute approximate surface area is 148 Å². The van der Waals surface area contributed by atoms with Crippen LogP contribution in [-0.2, 0) is 0 Å². The average Bonchev–Trinajstić information content (AvgIpc) is 3.24. The summed E-state index contributed by atoms with van der Waals surface area (Å²) in [6.07, 6.45) is 1.81. The molecule has 2 aromatic heterocycles. The molecule has 0 saturated carbocycles. The van der Waals surface area contributed by atoms with E-state index in [9.17, 15) is 4.79 Å². The molecule has 0 aliphatic carbocycles. The van der Waals surface area contributed by atoms with Crippen LogP contribution in [0.4, 0.5) is 5.13 Å². The van der Waals surface area contributed by atoms with Gasteiger partial charge in [-0.05, 0) is 25.1 Å². The zero-order valence-corrected chi connectivity index (χ0v) is 14.7. The summed E-state index contributed by atoms with van der Waals surface area (Å²) in [4.78, 5) is 21.2. The number of hydrogen-bond acceptors (Lipinski definition) is 5. The Balaban J connectivity index is 1.53. The van der Waals surface area contributed by atoms with Gasteiger partial charge in [-0.3, -0.25) is 4.79 Å². The maximum Gasteiger partial charge on any atom is 0.290 e. The number of thiazole rings is 1. The predicted octanol–water partition coefficient (Wildman–Crippen LogP) is 3.81. The van der Waals surface area contributed by atoms with E-state index in [1.807, 2.05) is 29.3 Å². The number of rotatable bonds is 2. The highest BCUT2D eigenvalue weighted by Gasteiger charge is 2.27. The normalized spacial score (nSPS) is 15.2. The van der Waals surface area contributed by atoms with E-state index in [1.165, 1.54) is 0 Å². The minimum absolute atomic E-state index is 0.0568. The number of nitrogens with zero attached hydrogens (tertiary/aromatic N) is 3. The molecule has 0 bridgehead atoms. The number of carbonyl (C=O) groups is 1. The molecule has 0 spiro atoms. The van der Waals surface area contributed by atoms with Crippen molar-refractivity contribution in [3.8, 4) is 0 Å². The summed E-state index contributed by atoms with van der Waals surface area (Å²) < 4.78 is 5.79. The number of amides is 1. The number of hydrogen-bond donors (Lipinski definition) is 0. The van der Waals surface area contributed by atoms with Crippen molar-refractivity contribution in [1.29, 1.82) is 0 Å². The third-order valence-corrected chi connectivity index (χ3v) is 5.42. The lowest BCUT2D eigenvalue weighted by Crippen LogP contribution is -2.48. The van der Waals surface area contributed by atoms with Crippen LogP contribution in [0, 0.1) is 6.92 Å². The van der Waals surface area contributed by atoms with E-state index in [2.05, 4.69) is 9.88 Å². The Hall–Kier alpha value is -2.05. The lowest BCUT2D eigenvalue weighted by molar-refractivity contribution is 0.0716. The Morgan fingerprint density at radius 3 is 2.79 bits per heavy atom. The molecule has 1 amide bonds. The van der Waals surface area contributed by atoms with Crippen molar-refractivity contribution in [2.45, 2.75) is 6.92 Å². The van der Waals surface area contributed by atoms with Crippen LogP contribution < -0.4 is 4.90 Å². The smallest absolute Gasteiger partial charge is 0.290 e. The maximum absolute atomic E-state index is 12.8. The summed E-state index contributed by atoms with van der Waals surface area (Å²) in [5, 5.41) is 4.52. The molecule has 3 heterocycles. The van der Waals surface area contributed by atoms with Crippen molar-refractivity contribution in [2.24, 2.45) is 0 Å². The van der Waals surface area contributed by atoms with Gasteiger partial charge < -0.3 is 14.2 Å². The summed E-state index contributed by atoms with van der Waals surface area (Å²) in [5.41, 5.74) is 1.54. The molecule has 1 aliphatic rings. The van der Waals surface area contributed by atoms with Gasteiger partial charge in [0.15, 0.2) is 10.9 Å². The highest BCUT2D eigenvalue weighted by Crippen LogP contribution is 2.29. The van der Waals surface area contributed by atoms with Crippen LogP contribution >= 0.6 is 22.9 Å². The van der Waals surface area contributed by atoms with Gasteiger partial charge in [-0.1, -0.05) is 11.6 Å². The van der Waals surface area contributed by atoms with Crippen molar-refractivity contribution in [2.75, 3.05) is 31.1 Å². The monoisotopic (exact) mass is 361 g/mol. The highest BCUT2D eigenvalue weighted by molar-refractivity contribution is 7.13. The zero-order valence-electron chi connectivity index (χ0n) is 13.2. The minimum Gasteiger partial charge on any atom is -0.451 e. The van der Waals surface area contributed by atoms with Gasteiger partial charge in [-0.15, -0.1) is 11.3 Å². The van der Waals surface area contributed by atoms with E-state index >= 15 is 0 Å². The predicted molar refractivity (Wildman–Crippen MR) is 96.2 cm³/mol. The molecular weight excluding hydrogens is 346 g/mol. The molecule has 0 N–H and O–H groups in total. The van der Waals surface area contributed by atoms with Gasteiger partial charge in [0, 0.05) is 53.7 Å². The van der Waals surface area contributed by atoms with Crippen molar-refractivity contribution in [3.05, 3.63) is 46.1 Å². The number of fused-ring (bicyclic) bond motifs is 1. The van der Waals surface area contributed by atoms with Crippen LogP contribution in [0.1, 0.15) is 16.1 Å². The van der Waals surface area contributed by atoms with E-state index in [-0.39, 0.29) is 5.91 Å². The second-order valence-corrected chi connectivity index (χ2v) is 7.10. The molecule has 0 radical (unpaired) electrons. The standard InChI is InChI=1S/C17H16ClN3O2S/c1-11-13-10-12(18)2-3-14(13)23-15(11)16(22)20-5-7-21(8-6-20)17-19-4-9-24-17/h2-4,9-10H,5-8H2,1H3. The van der Waals surface area contributed by atoms with Crippen molar-refractivity contribution < 1.29 is 9.21 Å². The first-order valence-corrected chi connectivity index (χ1v) is 9.01. The lowest BCUT2D eigenvalue weighted by atomic mass is 10.1. The maximum atomic E-state index is 12.8. The number of benzene rings is 1. The van der Waals surface area contributed by atoms with Gasteiger partial charge >= 0.3 is 0 Å². The molecule has 24 heavy (non-hydrogen) atoms. The second kappa shape index (κ2) is 6.11. The Bertz CT molecular complexity index is 883. The summed E-state index contributed by atoms with van der Waals surface area (Å²) in [5.74, 6) is 0.355. The third kappa shape index (κ3) is 2.65. The van der Waals surface area contributed by atoms with Crippen LogP contribution in [0.25, 0.3) is 11.0 Å². The van der Waals surface area contributed by atoms with Gasteiger partial charge in [-0.2, -0.15) is 0 Å². The number of carbonyl (C=O) groups excluding carboxylic acids is 1. The van der Waals surface area contributed by atoms with E-state index in [0.29, 0.717) is 29.5 Å². The molecule has 1 fully saturated rings. The molecule has 7 heteroatoms. The van der Waals surface area contributed by atoms with E-state index in [0.717, 1.165) is 29.2 Å². The van der Waals surface area contributed by atoms with Crippen molar-refractivity contribution in [1.82, 2.24) is 9.88 Å². The first-order chi connectivity index (χ1) is 11.6. The summed E-state index contributed by atoms with van der Waals surface area (Å²) >= 11 is 7.67. The number of aromatic nitrogens is 1. The van der Waals surface area contributed by atoms with Crippen LogP contribution in [0.5, 0.6) is 0 Å². The van der Waals surface area contributed by atoms with E-state index < -0.39 is 0 Å². The minimum atomic E-state index is -0.0568.